The second kappa shape index (κ2) is 9.20. The molecule has 1 aliphatic carbocycles. The van der Waals surface area contributed by atoms with Crippen LogP contribution in [0.15, 0.2) is 12.3 Å². The second-order valence-corrected chi connectivity index (χ2v) is 8.69. The van der Waals surface area contributed by atoms with Crippen molar-refractivity contribution in [3.05, 3.63) is 12.3 Å². The quantitative estimate of drug-likeness (QED) is 0.847. The molecule has 3 fully saturated rings. The van der Waals surface area contributed by atoms with E-state index in [0.29, 0.717) is 12.1 Å². The van der Waals surface area contributed by atoms with E-state index in [0.717, 1.165) is 37.4 Å². The molecular weight excluding hydrogens is 336 g/mol. The van der Waals surface area contributed by atoms with E-state index in [9.17, 15) is 0 Å². The number of anilines is 2. The smallest absolute Gasteiger partial charge is 0.224 e. The summed E-state index contributed by atoms with van der Waals surface area (Å²) in [5.41, 5.74) is 6.09. The first-order valence-electron chi connectivity index (χ1n) is 11.1. The molecule has 0 amide bonds. The molecular formula is C21H36N6. The number of hydrogen-bond acceptors (Lipinski definition) is 6. The van der Waals surface area contributed by atoms with Crippen LogP contribution >= 0.6 is 0 Å². The van der Waals surface area contributed by atoms with Gasteiger partial charge >= 0.3 is 0 Å². The summed E-state index contributed by atoms with van der Waals surface area (Å²) in [7, 11) is 0. The Labute approximate surface area is 163 Å². The Morgan fingerprint density at radius 2 is 1.70 bits per heavy atom. The van der Waals surface area contributed by atoms with Crippen molar-refractivity contribution in [2.45, 2.75) is 82.3 Å². The Hall–Kier alpha value is -1.40. The molecule has 2 saturated heterocycles. The number of piperidine rings is 1. The first-order chi connectivity index (χ1) is 13.3. The van der Waals surface area contributed by atoms with Crippen LogP contribution in [0.2, 0.25) is 0 Å². The third kappa shape index (κ3) is 5.11. The number of hydrogen-bond donors (Lipinski definition) is 2. The van der Waals surface area contributed by atoms with Crippen molar-refractivity contribution in [2.75, 3.05) is 36.4 Å². The third-order valence-electron chi connectivity index (χ3n) is 6.61. The lowest BCUT2D eigenvalue weighted by atomic mass is 9.89. The summed E-state index contributed by atoms with van der Waals surface area (Å²) in [5, 5.41) is 3.64. The number of rotatable bonds is 4. The maximum Gasteiger partial charge on any atom is 0.224 e. The van der Waals surface area contributed by atoms with Crippen molar-refractivity contribution in [1.29, 1.82) is 0 Å². The monoisotopic (exact) mass is 372 g/mol. The fourth-order valence-corrected chi connectivity index (χ4v) is 5.00. The predicted molar refractivity (Wildman–Crippen MR) is 111 cm³/mol. The lowest BCUT2D eigenvalue weighted by Gasteiger charge is -2.41. The molecule has 6 heteroatoms. The number of aromatic nitrogens is 2. The van der Waals surface area contributed by atoms with Gasteiger partial charge in [0.15, 0.2) is 0 Å². The average molecular weight is 373 g/mol. The standard InChI is InChI=1S/C21H36N6/c22-17-7-9-19(10-8-17)27-15-5-6-18(16-27)24-21-23-12-11-20(25-21)26-13-3-1-2-4-14-26/h11-12,17-19H,1-10,13-16,22H2,(H,23,24,25). The lowest BCUT2D eigenvalue weighted by molar-refractivity contribution is 0.119. The number of nitrogens with zero attached hydrogens (tertiary/aromatic N) is 4. The molecule has 1 atom stereocenters. The van der Waals surface area contributed by atoms with Gasteiger partial charge in [-0.3, -0.25) is 4.90 Å². The fraction of sp³-hybridized carbons (Fsp3) is 0.810. The van der Waals surface area contributed by atoms with Gasteiger partial charge in [-0.15, -0.1) is 0 Å². The summed E-state index contributed by atoms with van der Waals surface area (Å²) < 4.78 is 0. The van der Waals surface area contributed by atoms with Gasteiger partial charge in [0.2, 0.25) is 5.95 Å². The highest BCUT2D eigenvalue weighted by molar-refractivity contribution is 5.43. The van der Waals surface area contributed by atoms with Crippen LogP contribution in [-0.4, -0.2) is 59.2 Å². The van der Waals surface area contributed by atoms with Gasteiger partial charge in [-0.05, 0) is 64.0 Å². The number of nitrogens with two attached hydrogens (primary N) is 1. The topological polar surface area (TPSA) is 70.3 Å². The molecule has 6 nitrogen and oxygen atoms in total. The molecule has 0 aromatic carbocycles. The van der Waals surface area contributed by atoms with Crippen LogP contribution in [0, 0.1) is 0 Å². The first kappa shape index (κ1) is 18.9. The van der Waals surface area contributed by atoms with Gasteiger partial charge in [-0.25, -0.2) is 4.98 Å². The Morgan fingerprint density at radius 3 is 2.48 bits per heavy atom. The molecule has 1 aromatic rings. The first-order valence-corrected chi connectivity index (χ1v) is 11.1. The molecule has 4 rings (SSSR count). The zero-order valence-corrected chi connectivity index (χ0v) is 16.7. The normalized spacial score (nSPS) is 30.7. The molecule has 1 unspecified atom stereocenters. The van der Waals surface area contributed by atoms with Crippen LogP contribution in [0.4, 0.5) is 11.8 Å². The average Bonchev–Trinajstić information content (AvgIpc) is 2.99. The van der Waals surface area contributed by atoms with Gasteiger partial charge in [0, 0.05) is 44.0 Å². The van der Waals surface area contributed by atoms with E-state index in [1.54, 1.807) is 0 Å². The molecule has 2 aliphatic heterocycles. The SMILES string of the molecule is NC1CCC(N2CCCC(Nc3nccc(N4CCCCCC4)n3)C2)CC1. The summed E-state index contributed by atoms with van der Waals surface area (Å²) in [4.78, 5) is 14.5. The van der Waals surface area contributed by atoms with Crippen LogP contribution in [0.25, 0.3) is 0 Å². The Morgan fingerprint density at radius 1 is 0.926 bits per heavy atom. The van der Waals surface area contributed by atoms with Crippen molar-refractivity contribution >= 4 is 11.8 Å². The van der Waals surface area contributed by atoms with E-state index in [4.69, 9.17) is 10.7 Å². The molecule has 0 spiro atoms. The highest BCUT2D eigenvalue weighted by Crippen LogP contribution is 2.26. The number of nitrogens with one attached hydrogen (secondary N) is 1. The van der Waals surface area contributed by atoms with Crippen molar-refractivity contribution in [1.82, 2.24) is 14.9 Å². The zero-order chi connectivity index (χ0) is 18.5. The van der Waals surface area contributed by atoms with Crippen molar-refractivity contribution in [3.8, 4) is 0 Å². The van der Waals surface area contributed by atoms with Crippen molar-refractivity contribution in [2.24, 2.45) is 5.73 Å². The Balaban J connectivity index is 1.35. The van der Waals surface area contributed by atoms with Crippen LogP contribution in [0.3, 0.4) is 0 Å². The highest BCUT2D eigenvalue weighted by Gasteiger charge is 2.29. The van der Waals surface area contributed by atoms with E-state index in [-0.39, 0.29) is 0 Å². The summed E-state index contributed by atoms with van der Waals surface area (Å²) in [6.07, 6.45) is 14.5. The molecule has 3 heterocycles. The molecule has 1 aromatic heterocycles. The molecule has 3 aliphatic rings. The summed E-state index contributed by atoms with van der Waals surface area (Å²) in [6.45, 7) is 4.58. The van der Waals surface area contributed by atoms with Gasteiger partial charge in [0.05, 0.1) is 0 Å². The maximum atomic E-state index is 6.09. The Kier molecular flexibility index (Phi) is 6.45. The predicted octanol–water partition coefficient (Wildman–Crippen LogP) is 3.00. The van der Waals surface area contributed by atoms with E-state index in [1.807, 2.05) is 6.20 Å². The number of likely N-dealkylation sites (tertiary alicyclic amines) is 1. The van der Waals surface area contributed by atoms with Gasteiger partial charge < -0.3 is 16.0 Å². The molecule has 150 valence electrons. The minimum Gasteiger partial charge on any atom is -0.356 e. The molecule has 0 radical (unpaired) electrons. The largest absolute Gasteiger partial charge is 0.356 e. The van der Waals surface area contributed by atoms with Gasteiger partial charge in [0.25, 0.3) is 0 Å². The fourth-order valence-electron chi connectivity index (χ4n) is 5.00. The van der Waals surface area contributed by atoms with Gasteiger partial charge in [-0.1, -0.05) is 12.8 Å². The minimum absolute atomic E-state index is 0.426. The molecule has 1 saturated carbocycles. The molecule has 0 bridgehead atoms. The van der Waals surface area contributed by atoms with Crippen LogP contribution in [0.5, 0.6) is 0 Å². The molecule has 27 heavy (non-hydrogen) atoms. The van der Waals surface area contributed by atoms with E-state index >= 15 is 0 Å². The third-order valence-corrected chi connectivity index (χ3v) is 6.61. The van der Waals surface area contributed by atoms with Gasteiger partial charge in [0.1, 0.15) is 5.82 Å². The second-order valence-electron chi connectivity index (χ2n) is 8.69. The minimum atomic E-state index is 0.426. The maximum absolute atomic E-state index is 6.09. The van der Waals surface area contributed by atoms with Crippen LogP contribution < -0.4 is 16.0 Å². The van der Waals surface area contributed by atoms with Crippen molar-refractivity contribution in [3.63, 3.8) is 0 Å². The zero-order valence-electron chi connectivity index (χ0n) is 16.7. The lowest BCUT2D eigenvalue weighted by Crippen LogP contribution is -2.49. The highest BCUT2D eigenvalue weighted by atomic mass is 15.2. The van der Waals surface area contributed by atoms with E-state index in [2.05, 4.69) is 26.2 Å². The van der Waals surface area contributed by atoms with E-state index < -0.39 is 0 Å². The van der Waals surface area contributed by atoms with Crippen LogP contribution in [0.1, 0.15) is 64.2 Å². The Bertz CT molecular complexity index is 578. The summed E-state index contributed by atoms with van der Waals surface area (Å²) in [6, 6.07) is 3.66. The van der Waals surface area contributed by atoms with Crippen molar-refractivity contribution < 1.29 is 0 Å². The van der Waals surface area contributed by atoms with E-state index in [1.165, 1.54) is 70.8 Å². The summed E-state index contributed by atoms with van der Waals surface area (Å²) in [5.74, 6) is 1.89. The molecule has 3 N–H and O–H groups in total. The van der Waals surface area contributed by atoms with Crippen LogP contribution in [-0.2, 0) is 0 Å². The summed E-state index contributed by atoms with van der Waals surface area (Å²) >= 11 is 0. The van der Waals surface area contributed by atoms with Gasteiger partial charge in [-0.2, -0.15) is 4.98 Å².